The lowest BCUT2D eigenvalue weighted by molar-refractivity contribution is -0.122. The number of hydrogen-bond acceptors (Lipinski definition) is 5. The van der Waals surface area contributed by atoms with Crippen molar-refractivity contribution in [3.05, 3.63) is 39.7 Å². The molecule has 28 heavy (non-hydrogen) atoms. The Labute approximate surface area is 163 Å². The third-order valence-electron chi connectivity index (χ3n) is 5.36. The Morgan fingerprint density at radius 1 is 1.21 bits per heavy atom. The first-order valence-corrected chi connectivity index (χ1v) is 9.62. The number of benzene rings is 1. The molecule has 0 radical (unpaired) electrons. The lowest BCUT2D eigenvalue weighted by Crippen LogP contribution is -2.48. The van der Waals surface area contributed by atoms with Gasteiger partial charge in [0.25, 0.3) is 5.91 Å². The van der Waals surface area contributed by atoms with Crippen LogP contribution in [0.1, 0.15) is 43.7 Å². The monoisotopic (exact) mass is 386 g/mol. The second kappa shape index (κ2) is 8.46. The molecule has 0 aliphatic heterocycles. The molecule has 0 bridgehead atoms. The van der Waals surface area contributed by atoms with E-state index in [2.05, 4.69) is 17.6 Å². The summed E-state index contributed by atoms with van der Waals surface area (Å²) in [4.78, 5) is 35.7. The SMILES string of the molecule is Cc1cc(=O)oc2c(C)c(OCC(=O)NC(=O)N[C@@H]3CCCC[C@H]3C)ccc12. The number of imide groups is 1. The first kappa shape index (κ1) is 19.9. The van der Waals surface area contributed by atoms with Crippen molar-refractivity contribution in [2.45, 2.75) is 52.5 Å². The van der Waals surface area contributed by atoms with Gasteiger partial charge in [0.1, 0.15) is 11.3 Å². The van der Waals surface area contributed by atoms with Crippen molar-refractivity contribution in [1.29, 1.82) is 0 Å². The molecule has 3 amide bonds. The first-order chi connectivity index (χ1) is 13.3. The van der Waals surface area contributed by atoms with Crippen LogP contribution >= 0.6 is 0 Å². The average molecular weight is 386 g/mol. The van der Waals surface area contributed by atoms with Crippen LogP contribution in [0, 0.1) is 19.8 Å². The molecule has 1 aromatic heterocycles. The van der Waals surface area contributed by atoms with Gasteiger partial charge < -0.3 is 14.5 Å². The van der Waals surface area contributed by atoms with Crippen molar-refractivity contribution in [3.8, 4) is 5.75 Å². The van der Waals surface area contributed by atoms with Gasteiger partial charge in [-0.3, -0.25) is 10.1 Å². The van der Waals surface area contributed by atoms with Crippen LogP contribution in [-0.4, -0.2) is 24.6 Å². The highest BCUT2D eigenvalue weighted by molar-refractivity contribution is 5.95. The number of ether oxygens (including phenoxy) is 1. The summed E-state index contributed by atoms with van der Waals surface area (Å²) in [5, 5.41) is 5.99. The van der Waals surface area contributed by atoms with Crippen LogP contribution in [0.25, 0.3) is 11.0 Å². The minimum atomic E-state index is -0.536. The van der Waals surface area contributed by atoms with Crippen LogP contribution in [0.5, 0.6) is 5.75 Å². The van der Waals surface area contributed by atoms with Crippen molar-refractivity contribution in [2.24, 2.45) is 5.92 Å². The van der Waals surface area contributed by atoms with Crippen molar-refractivity contribution in [1.82, 2.24) is 10.6 Å². The maximum Gasteiger partial charge on any atom is 0.336 e. The van der Waals surface area contributed by atoms with Gasteiger partial charge in [-0.25, -0.2) is 9.59 Å². The van der Waals surface area contributed by atoms with Crippen molar-refractivity contribution in [2.75, 3.05) is 6.61 Å². The summed E-state index contributed by atoms with van der Waals surface area (Å²) < 4.78 is 10.8. The van der Waals surface area contributed by atoms with Gasteiger partial charge in [0.15, 0.2) is 6.61 Å². The molecular formula is C21H26N2O5. The summed E-state index contributed by atoms with van der Waals surface area (Å²) in [5.74, 6) is 0.299. The van der Waals surface area contributed by atoms with E-state index in [-0.39, 0.29) is 12.6 Å². The normalized spacial score (nSPS) is 19.2. The molecule has 2 N–H and O–H groups in total. The average Bonchev–Trinajstić information content (AvgIpc) is 2.63. The number of fused-ring (bicyclic) bond motifs is 1. The van der Waals surface area contributed by atoms with Gasteiger partial charge in [0.05, 0.1) is 0 Å². The Bertz CT molecular complexity index is 950. The molecule has 1 aliphatic rings. The number of carbonyl (C=O) groups is 2. The molecule has 0 unspecified atom stereocenters. The van der Waals surface area contributed by atoms with Gasteiger partial charge in [0.2, 0.25) is 0 Å². The van der Waals surface area contributed by atoms with E-state index in [9.17, 15) is 14.4 Å². The van der Waals surface area contributed by atoms with E-state index in [0.717, 1.165) is 30.2 Å². The zero-order valence-electron chi connectivity index (χ0n) is 16.5. The molecule has 1 aliphatic carbocycles. The highest BCUT2D eigenvalue weighted by Gasteiger charge is 2.23. The summed E-state index contributed by atoms with van der Waals surface area (Å²) in [6.07, 6.45) is 4.28. The van der Waals surface area contributed by atoms with E-state index in [1.807, 2.05) is 6.92 Å². The Balaban J connectivity index is 1.59. The topological polar surface area (TPSA) is 97.6 Å². The zero-order chi connectivity index (χ0) is 20.3. The van der Waals surface area contributed by atoms with Gasteiger partial charge in [-0.2, -0.15) is 0 Å². The number of nitrogens with one attached hydrogen (secondary N) is 2. The van der Waals surface area contributed by atoms with E-state index in [1.54, 1.807) is 19.1 Å². The minimum Gasteiger partial charge on any atom is -0.483 e. The number of urea groups is 1. The summed E-state index contributed by atoms with van der Waals surface area (Å²) >= 11 is 0. The second-order valence-corrected chi connectivity index (χ2v) is 7.49. The van der Waals surface area contributed by atoms with Crippen LogP contribution in [0.15, 0.2) is 27.4 Å². The third kappa shape index (κ3) is 4.52. The maximum atomic E-state index is 12.1. The first-order valence-electron chi connectivity index (χ1n) is 9.62. The fourth-order valence-electron chi connectivity index (χ4n) is 3.70. The van der Waals surface area contributed by atoms with Crippen molar-refractivity contribution < 1.29 is 18.7 Å². The molecule has 7 nitrogen and oxygen atoms in total. The highest BCUT2D eigenvalue weighted by atomic mass is 16.5. The molecule has 0 spiro atoms. The fraction of sp³-hybridized carbons (Fsp3) is 0.476. The number of hydrogen-bond donors (Lipinski definition) is 2. The summed E-state index contributed by atoms with van der Waals surface area (Å²) in [5.41, 5.74) is 1.45. The summed E-state index contributed by atoms with van der Waals surface area (Å²) in [6, 6.07) is 4.54. The largest absolute Gasteiger partial charge is 0.483 e. The van der Waals surface area contributed by atoms with E-state index < -0.39 is 17.6 Å². The number of carbonyl (C=O) groups excluding carboxylic acids is 2. The molecular weight excluding hydrogens is 360 g/mol. The number of aryl methyl sites for hydroxylation is 2. The predicted molar refractivity (Wildman–Crippen MR) is 106 cm³/mol. The van der Waals surface area contributed by atoms with E-state index >= 15 is 0 Å². The van der Waals surface area contributed by atoms with Crippen LogP contribution < -0.4 is 21.0 Å². The van der Waals surface area contributed by atoms with E-state index in [1.165, 1.54) is 12.5 Å². The van der Waals surface area contributed by atoms with Crippen LogP contribution in [0.2, 0.25) is 0 Å². The van der Waals surface area contributed by atoms with Crippen LogP contribution in [0.3, 0.4) is 0 Å². The predicted octanol–water partition coefficient (Wildman–Crippen LogP) is 3.19. The second-order valence-electron chi connectivity index (χ2n) is 7.49. The lowest BCUT2D eigenvalue weighted by atomic mass is 9.86. The van der Waals surface area contributed by atoms with Crippen molar-refractivity contribution in [3.63, 3.8) is 0 Å². The van der Waals surface area contributed by atoms with Gasteiger partial charge in [-0.05, 0) is 50.3 Å². The van der Waals surface area contributed by atoms with E-state index in [0.29, 0.717) is 22.8 Å². The molecule has 1 aromatic carbocycles. The number of amides is 3. The Morgan fingerprint density at radius 2 is 1.96 bits per heavy atom. The standard InChI is InChI=1S/C21H26N2O5/c1-12-6-4-5-7-16(12)22-21(26)23-18(24)11-27-17-9-8-15-13(2)10-19(25)28-20(15)14(17)3/h8-10,12,16H,4-7,11H2,1-3H3,(H2,22,23,24,26)/t12-,16-/m1/s1. The summed E-state index contributed by atoms with van der Waals surface area (Å²) in [7, 11) is 0. The van der Waals surface area contributed by atoms with Crippen LogP contribution in [0.4, 0.5) is 4.79 Å². The molecule has 150 valence electrons. The summed E-state index contributed by atoms with van der Waals surface area (Å²) in [6.45, 7) is 5.39. The molecule has 2 aromatic rings. The molecule has 3 rings (SSSR count). The molecule has 1 fully saturated rings. The van der Waals surface area contributed by atoms with Gasteiger partial charge >= 0.3 is 11.7 Å². The molecule has 7 heteroatoms. The van der Waals surface area contributed by atoms with Crippen molar-refractivity contribution >= 4 is 22.9 Å². The van der Waals surface area contributed by atoms with Gasteiger partial charge in [-0.1, -0.05) is 19.8 Å². The smallest absolute Gasteiger partial charge is 0.336 e. The van der Waals surface area contributed by atoms with E-state index in [4.69, 9.17) is 9.15 Å². The quantitative estimate of drug-likeness (QED) is 0.787. The Morgan fingerprint density at radius 3 is 2.71 bits per heavy atom. The highest BCUT2D eigenvalue weighted by Crippen LogP contribution is 2.28. The Hall–Kier alpha value is -2.83. The maximum absolute atomic E-state index is 12.1. The van der Waals surface area contributed by atoms with Gasteiger partial charge in [0, 0.05) is 23.1 Å². The zero-order valence-corrected chi connectivity index (χ0v) is 16.5. The molecule has 1 saturated carbocycles. The Kier molecular flexibility index (Phi) is 6.02. The lowest BCUT2D eigenvalue weighted by Gasteiger charge is -2.29. The molecule has 2 atom stereocenters. The fourth-order valence-corrected chi connectivity index (χ4v) is 3.70. The molecule has 0 saturated heterocycles. The molecule has 1 heterocycles. The van der Waals surface area contributed by atoms with Gasteiger partial charge in [-0.15, -0.1) is 0 Å². The third-order valence-corrected chi connectivity index (χ3v) is 5.36. The number of rotatable bonds is 4. The minimum absolute atomic E-state index is 0.0938. The van der Waals surface area contributed by atoms with Crippen LogP contribution in [-0.2, 0) is 4.79 Å².